The molecule has 4 fully saturated rings. The first kappa shape index (κ1) is 109. The normalized spacial score (nSPS) is 18.6. The molecule has 8 rings (SSSR count). The molecule has 2 aliphatic carbocycles. The summed E-state index contributed by atoms with van der Waals surface area (Å²) in [4.78, 5) is 254. The van der Waals surface area contributed by atoms with Crippen LogP contribution >= 0.6 is 0 Å². The van der Waals surface area contributed by atoms with Gasteiger partial charge in [-0.1, -0.05) is 84.9 Å². The fourth-order valence-electron chi connectivity index (χ4n) is 16.9. The van der Waals surface area contributed by atoms with Crippen molar-refractivity contribution in [1.82, 2.24) is 92.8 Å². The number of carboxylic acids is 8. The number of unbranched alkanes of at least 4 members (excludes halogenated alkanes) is 2. The van der Waals surface area contributed by atoms with E-state index in [1.807, 2.05) is 84.9 Å². The molecule has 4 aromatic rings. The van der Waals surface area contributed by atoms with E-state index in [0.29, 0.717) is 51.4 Å². The van der Waals surface area contributed by atoms with Crippen molar-refractivity contribution >= 4 is 135 Å². The number of hydrogen-bond acceptors (Lipinski definition) is 26. The average molecular weight is 1920 g/mol. The fraction of sp³-hybridized carbons (Fsp3) is 0.571. The number of nitrogens with one attached hydrogen (secondary N) is 11. The number of aliphatic carboxylic acids is 8. The number of nitrogens with zero attached hydrogens (tertiary/aromatic N) is 7. The van der Waals surface area contributed by atoms with Crippen LogP contribution in [0.2, 0.25) is 0 Å². The summed E-state index contributed by atoms with van der Waals surface area (Å²) in [6.07, 6.45) is 2.40. The third-order valence-electron chi connectivity index (χ3n) is 24.5. The first-order chi connectivity index (χ1) is 65.5. The molecule has 12 amide bonds. The van der Waals surface area contributed by atoms with Gasteiger partial charge in [-0.05, 0) is 147 Å². The van der Waals surface area contributed by atoms with Gasteiger partial charge in [-0.25, -0.2) is 28.8 Å². The quantitative estimate of drug-likeness (QED) is 0.0191. The molecule has 6 atom stereocenters. The number of amides is 12. The van der Waals surface area contributed by atoms with E-state index in [1.54, 1.807) is 29.4 Å². The zero-order chi connectivity index (χ0) is 99.5. The van der Waals surface area contributed by atoms with Crippen molar-refractivity contribution in [3.05, 3.63) is 96.1 Å². The van der Waals surface area contributed by atoms with Crippen LogP contribution in [-0.2, 0) is 99.1 Å². The van der Waals surface area contributed by atoms with Crippen LogP contribution in [0, 0.1) is 23.7 Å². The summed E-state index contributed by atoms with van der Waals surface area (Å²) in [5.74, 6) is -15.6. The highest BCUT2D eigenvalue weighted by atomic mass is 16.5. The monoisotopic (exact) mass is 1920 g/mol. The summed E-state index contributed by atoms with van der Waals surface area (Å²) in [5.41, 5.74) is 1.50. The van der Waals surface area contributed by atoms with Gasteiger partial charge in [0.25, 0.3) is 6.47 Å². The molecule has 19 N–H and O–H groups in total. The van der Waals surface area contributed by atoms with Gasteiger partial charge in [0.1, 0.15) is 43.0 Å². The van der Waals surface area contributed by atoms with E-state index in [-0.39, 0.29) is 219 Å². The average Bonchev–Trinajstić information content (AvgIpc) is 0.835. The third-order valence-corrected chi connectivity index (χ3v) is 24.5. The van der Waals surface area contributed by atoms with Crippen molar-refractivity contribution in [2.45, 2.75) is 165 Å². The van der Waals surface area contributed by atoms with Gasteiger partial charge in [0.2, 0.25) is 47.3 Å². The Hall–Kier alpha value is -13.3. The lowest BCUT2D eigenvalue weighted by atomic mass is 9.81. The van der Waals surface area contributed by atoms with Gasteiger partial charge in [0.05, 0.1) is 59.3 Å². The van der Waals surface area contributed by atoms with Crippen LogP contribution in [0.5, 0.6) is 0 Å². The third kappa shape index (κ3) is 39.9. The lowest BCUT2D eigenvalue weighted by Gasteiger charge is -2.41. The fourth-order valence-corrected chi connectivity index (χ4v) is 16.9. The molecule has 2 heterocycles. The summed E-state index contributed by atoms with van der Waals surface area (Å²) in [7, 11) is 0. The zero-order valence-corrected chi connectivity index (χ0v) is 76.5. The van der Waals surface area contributed by atoms with Crippen LogP contribution in [0.1, 0.15) is 127 Å². The highest BCUT2D eigenvalue weighted by Crippen LogP contribution is 2.31. The molecule has 46 nitrogen and oxygen atoms in total. The molecule has 0 bridgehead atoms. The topological polar surface area (TPSA) is 650 Å². The summed E-state index contributed by atoms with van der Waals surface area (Å²) in [5, 5.41) is 109. The molecule has 2 saturated carbocycles. The van der Waals surface area contributed by atoms with Crippen molar-refractivity contribution in [3.63, 3.8) is 0 Å². The zero-order valence-electron chi connectivity index (χ0n) is 76.5. The highest BCUT2D eigenvalue weighted by Gasteiger charge is 2.37. The van der Waals surface area contributed by atoms with E-state index in [4.69, 9.17) is 14.9 Å². The molecule has 0 aromatic heterocycles. The van der Waals surface area contributed by atoms with Crippen molar-refractivity contribution in [2.75, 3.05) is 145 Å². The van der Waals surface area contributed by atoms with Gasteiger partial charge in [-0.15, -0.1) is 0 Å². The minimum atomic E-state index is -1.60. The maximum atomic E-state index is 14.4. The van der Waals surface area contributed by atoms with E-state index in [2.05, 4.69) is 58.5 Å². The number of fused-ring (bicyclic) bond motifs is 2. The molecule has 2 saturated heterocycles. The molecular weight excluding hydrogens is 1790 g/mol. The molecule has 0 radical (unpaired) electrons. The van der Waals surface area contributed by atoms with Gasteiger partial charge in [0, 0.05) is 116 Å². The molecule has 750 valence electrons. The molecular formula is C91H128N18O28. The number of urea groups is 2. The lowest BCUT2D eigenvalue weighted by Crippen LogP contribution is -2.60. The van der Waals surface area contributed by atoms with Crippen molar-refractivity contribution in [1.29, 1.82) is 0 Å². The summed E-state index contributed by atoms with van der Waals surface area (Å²) < 4.78 is 5.05. The predicted molar refractivity (Wildman–Crippen MR) is 489 cm³/mol. The second-order valence-electron chi connectivity index (χ2n) is 35.1. The number of benzene rings is 4. The van der Waals surface area contributed by atoms with Gasteiger partial charge >= 0.3 is 59.8 Å². The summed E-state index contributed by atoms with van der Waals surface area (Å²) in [6, 6.07) is 16.1. The van der Waals surface area contributed by atoms with Gasteiger partial charge < -0.3 is 109 Å². The Balaban J connectivity index is 0.865. The van der Waals surface area contributed by atoms with E-state index in [0.717, 1.165) is 32.7 Å². The minimum Gasteiger partial charge on any atom is -0.481 e. The first-order valence-electron chi connectivity index (χ1n) is 46.0. The molecule has 0 unspecified atom stereocenters. The Bertz CT molecular complexity index is 4580. The van der Waals surface area contributed by atoms with Crippen molar-refractivity contribution < 1.29 is 137 Å². The maximum Gasteiger partial charge on any atom is 0.326 e. The SMILES string of the molecule is O=COCN1CCN(CC(=O)O)CCN(CC(=O)O)CCN(CC(=O)NCC(=O)N2CN(CC(=O)NCC3CCC(C(=O)N[C@@H](Cc4ccc5ccccc5c4)C(=O)NCCCC[C@H](NC(=O)N[C@@H](CCC(=O)O)C(=O)O)C(=O)O)CC3)CN(CC(=O)NCC3CCC(C(=O)N[C@@H](Cc4ccc5ccccc5c4)C(=O)NCCCC[C@H](NC(=O)N[C@@H](CCC(=O)O)C(=O)O)C(=O)O)CC3)C2)CC1. The first-order valence-corrected chi connectivity index (χ1v) is 46.0. The number of carbonyl (C=O) groups excluding carboxylic acids is 11. The largest absolute Gasteiger partial charge is 0.481 e. The van der Waals surface area contributed by atoms with Gasteiger partial charge in [0.15, 0.2) is 0 Å². The Morgan fingerprint density at radius 2 is 0.708 bits per heavy atom. The molecule has 4 aromatic carbocycles. The molecule has 137 heavy (non-hydrogen) atoms. The number of carbonyl (C=O) groups is 19. The van der Waals surface area contributed by atoms with Crippen LogP contribution in [0.3, 0.4) is 0 Å². The van der Waals surface area contributed by atoms with E-state index in [9.17, 15) is 122 Å². The number of rotatable bonds is 53. The molecule has 4 aliphatic rings. The number of hydrogen-bond donors (Lipinski definition) is 19. The molecule has 2 aliphatic heterocycles. The second kappa shape index (κ2) is 56.9. The Labute approximate surface area is 790 Å². The standard InChI is InChI=1S/C91H128N18O28/c110-57-137-56-106-39-37-103(33-34-104(51-80(119)120)35-36-105(38-40-106)52-81(121)122)48-74(111)96-47-77(114)109-54-107(49-75(112)94-45-58-15-23-64(24-16-58)82(123)97-72(43-60-19-21-62-9-1-3-11-66(62)41-60)84(125)92-31-7-5-13-68(86(127)128)99-90(135)101-70(88(131)132)27-29-78(115)116)53-108(55-109)50-76(113)95-46-59-17-25-65(26-18-59)83(124)98-73(44-61-20-22-63-10-2-4-12-67(63)42-61)85(126)93-32-8-6-14-69(87(129)130)100-91(136)102-71(89(133)134)28-30-79(117)118/h1-4,9-12,19-22,41-42,57-59,64-65,68-73H,5-8,13-18,23-40,43-56H2,(H,92,125)(H,93,126)(H,94,112)(H,95,113)(H,96,111)(H,97,123)(H,98,124)(H,115,116)(H,117,118)(H,119,120)(H,121,122)(H,127,128)(H,129,130)(H,131,132)(H,133,134)(H2,99,101,135)(H2,100,102,136)/t58?,59?,64?,65?,68-,69-,70-,71-,72-,73-/m0/s1. The molecule has 46 heteroatoms. The van der Waals surface area contributed by atoms with Gasteiger partial charge in [-0.3, -0.25) is 91.7 Å². The summed E-state index contributed by atoms with van der Waals surface area (Å²) in [6.45, 7) is 0.0301. The van der Waals surface area contributed by atoms with Crippen LogP contribution in [0.25, 0.3) is 21.5 Å². The summed E-state index contributed by atoms with van der Waals surface area (Å²) >= 11 is 0. The van der Waals surface area contributed by atoms with Crippen LogP contribution in [0.15, 0.2) is 84.9 Å². The Kier molecular flexibility index (Phi) is 45.3. The Morgan fingerprint density at radius 1 is 0.358 bits per heavy atom. The van der Waals surface area contributed by atoms with Crippen molar-refractivity contribution in [3.8, 4) is 0 Å². The number of ether oxygens (including phenoxy) is 1. The maximum absolute atomic E-state index is 14.4. The lowest BCUT2D eigenvalue weighted by molar-refractivity contribution is -0.146. The van der Waals surface area contributed by atoms with Crippen molar-refractivity contribution in [2.24, 2.45) is 23.7 Å². The number of carboxylic acid groups (broad SMARTS) is 8. The minimum absolute atomic E-state index is 0.0238. The Morgan fingerprint density at radius 3 is 1.07 bits per heavy atom. The smallest absolute Gasteiger partial charge is 0.326 e. The van der Waals surface area contributed by atoms with Crippen LogP contribution in [0.4, 0.5) is 9.59 Å². The molecule has 0 spiro atoms. The highest BCUT2D eigenvalue weighted by molar-refractivity contribution is 5.93. The van der Waals surface area contributed by atoms with E-state index >= 15 is 0 Å². The van der Waals surface area contributed by atoms with Crippen LogP contribution < -0.4 is 58.5 Å². The van der Waals surface area contributed by atoms with Gasteiger partial charge in [-0.2, -0.15) is 0 Å². The van der Waals surface area contributed by atoms with E-state index in [1.165, 1.54) is 4.90 Å². The van der Waals surface area contributed by atoms with Crippen LogP contribution in [-0.4, -0.2) is 369 Å². The van der Waals surface area contributed by atoms with E-state index < -0.39 is 176 Å². The predicted octanol–water partition coefficient (Wildman–Crippen LogP) is -0.737. The second-order valence-corrected chi connectivity index (χ2v) is 35.1.